The molecule has 0 aromatic heterocycles. The van der Waals surface area contributed by atoms with Crippen molar-refractivity contribution in [2.45, 2.75) is 25.2 Å². The van der Waals surface area contributed by atoms with E-state index in [1.165, 1.54) is 122 Å². The molecule has 0 heterocycles. The van der Waals surface area contributed by atoms with Crippen molar-refractivity contribution in [2.24, 2.45) is 5.92 Å². The summed E-state index contributed by atoms with van der Waals surface area (Å²) in [4.78, 5) is 0. The lowest BCUT2D eigenvalue weighted by Gasteiger charge is -2.37. The summed E-state index contributed by atoms with van der Waals surface area (Å²) in [6.45, 7) is 0. The van der Waals surface area contributed by atoms with Gasteiger partial charge in [0.1, 0.15) is 0 Å². The van der Waals surface area contributed by atoms with E-state index in [-0.39, 0.29) is 11.8 Å². The summed E-state index contributed by atoms with van der Waals surface area (Å²) >= 11 is 0. The maximum absolute atomic E-state index is 2.54. The van der Waals surface area contributed by atoms with Crippen LogP contribution in [0.1, 0.15) is 61.6 Å². The molecule has 0 nitrogen and oxygen atoms in total. The second-order valence-electron chi connectivity index (χ2n) is 16.7. The number of allylic oxidation sites excluding steroid dienone is 5. The van der Waals surface area contributed by atoms with E-state index < -0.39 is 0 Å². The summed E-state index contributed by atoms with van der Waals surface area (Å²) < 4.78 is 0. The van der Waals surface area contributed by atoms with Gasteiger partial charge in [0.25, 0.3) is 0 Å². The summed E-state index contributed by atoms with van der Waals surface area (Å²) in [6.07, 6.45) is 12.3. The Hall–Kier alpha value is -6.76. The van der Waals surface area contributed by atoms with E-state index in [1.807, 2.05) is 0 Å². The van der Waals surface area contributed by atoms with Crippen LogP contribution >= 0.6 is 0 Å². The molecule has 0 saturated heterocycles. The Morgan fingerprint density at radius 3 is 1.82 bits per heavy atom. The molecule has 2 unspecified atom stereocenters. The van der Waals surface area contributed by atoms with Crippen LogP contribution in [0.4, 0.5) is 0 Å². The van der Waals surface area contributed by atoms with Crippen LogP contribution in [0, 0.1) is 5.92 Å². The minimum absolute atomic E-state index is 0.227. The minimum atomic E-state index is 0.227. The first-order valence-corrected chi connectivity index (χ1v) is 20.5. The monoisotopic (exact) mass is 722 g/mol. The van der Waals surface area contributed by atoms with Gasteiger partial charge in [-0.3, -0.25) is 0 Å². The predicted octanol–water partition coefficient (Wildman–Crippen LogP) is 13.9. The molecule has 0 spiro atoms. The van der Waals surface area contributed by atoms with E-state index in [9.17, 15) is 0 Å². The highest BCUT2D eigenvalue weighted by Gasteiger charge is 2.36. The molecule has 8 aromatic carbocycles. The second kappa shape index (κ2) is 11.9. The topological polar surface area (TPSA) is 0 Å². The van der Waals surface area contributed by atoms with E-state index in [4.69, 9.17) is 0 Å². The average molecular weight is 723 g/mol. The van der Waals surface area contributed by atoms with Gasteiger partial charge < -0.3 is 0 Å². The smallest absolute Gasteiger partial charge is 0.0199 e. The molecule has 0 aliphatic heterocycles. The summed E-state index contributed by atoms with van der Waals surface area (Å²) in [6, 6.07) is 60.4. The fourth-order valence-electron chi connectivity index (χ4n) is 11.1. The summed E-state index contributed by atoms with van der Waals surface area (Å²) in [5, 5.41) is 2.56. The molecule has 0 saturated carbocycles. The summed E-state index contributed by atoms with van der Waals surface area (Å²) in [5.41, 5.74) is 28.1. The molecule has 266 valence electrons. The number of fused-ring (bicyclic) bond motifs is 13. The van der Waals surface area contributed by atoms with Crippen molar-refractivity contribution in [1.29, 1.82) is 0 Å². The highest BCUT2D eigenvalue weighted by molar-refractivity contribution is 5.94. The molecule has 0 fully saturated rings. The summed E-state index contributed by atoms with van der Waals surface area (Å²) in [7, 11) is 0. The molecule has 8 aromatic rings. The fourth-order valence-corrected chi connectivity index (χ4v) is 11.1. The van der Waals surface area contributed by atoms with Crippen LogP contribution in [0.2, 0.25) is 0 Å². The standard InChI is InChI=1S/C57H38/c1-2-10-35-27-42(23-17-34(35)9-1)56-47-13-5-7-15-49(47)57(50-16-8-6-14-48(50)56)43-24-22-40-28-39-20-18-37(30-52(39)53(40)33-43)36-19-21-41-32-55-46(51(41)29-36)26-25-45-44-12-4-3-11-38(44)31-54(45)55/h1-27,29-30,33,49,57H,28,31-32H2. The van der Waals surface area contributed by atoms with Crippen molar-refractivity contribution < 1.29 is 0 Å². The molecule has 0 bridgehead atoms. The largest absolute Gasteiger partial charge is 0.0760 e. The number of benzene rings is 8. The highest BCUT2D eigenvalue weighted by Crippen LogP contribution is 2.52. The zero-order valence-electron chi connectivity index (χ0n) is 31.6. The Morgan fingerprint density at radius 2 is 1.00 bits per heavy atom. The lowest BCUT2D eigenvalue weighted by Crippen LogP contribution is -2.22. The Labute approximate surface area is 333 Å². The van der Waals surface area contributed by atoms with E-state index >= 15 is 0 Å². The van der Waals surface area contributed by atoms with Crippen LogP contribution in [0.3, 0.4) is 0 Å². The first-order chi connectivity index (χ1) is 28.2. The normalized spacial score (nSPS) is 17.4. The molecule has 0 N–H and O–H groups in total. The molecule has 0 heteroatoms. The Balaban J connectivity index is 0.885. The zero-order valence-corrected chi connectivity index (χ0v) is 31.6. The third-order valence-electron chi connectivity index (χ3n) is 13.8. The van der Waals surface area contributed by atoms with Gasteiger partial charge in [0.05, 0.1) is 0 Å². The SMILES string of the molecule is C1=CC2=C(c3ccc4ccccc4c3)c3ccccc3C(c3ccc4c(c3)-c3cc(-c5ccc6c(c5)-c5ccc7c(c5C6)Cc5ccccc5-7)ccc3C4)C2C=C1. The quantitative estimate of drug-likeness (QED) is 0.170. The Morgan fingerprint density at radius 1 is 0.386 bits per heavy atom. The predicted molar refractivity (Wildman–Crippen MR) is 237 cm³/mol. The van der Waals surface area contributed by atoms with Crippen LogP contribution in [-0.4, -0.2) is 0 Å². The van der Waals surface area contributed by atoms with E-state index in [1.54, 1.807) is 0 Å². The molecule has 5 aliphatic carbocycles. The van der Waals surface area contributed by atoms with Crippen molar-refractivity contribution in [3.63, 3.8) is 0 Å². The third kappa shape index (κ3) is 4.62. The van der Waals surface area contributed by atoms with Gasteiger partial charge in [-0.25, -0.2) is 0 Å². The fraction of sp³-hybridized carbons (Fsp3) is 0.0877. The molecular formula is C57H38. The first kappa shape index (κ1) is 31.4. The van der Waals surface area contributed by atoms with Crippen molar-refractivity contribution in [2.75, 3.05) is 0 Å². The van der Waals surface area contributed by atoms with Crippen molar-refractivity contribution >= 4 is 16.3 Å². The van der Waals surface area contributed by atoms with Gasteiger partial charge in [0.15, 0.2) is 0 Å². The van der Waals surface area contributed by atoms with Crippen LogP contribution in [0.5, 0.6) is 0 Å². The zero-order chi connectivity index (χ0) is 37.2. The number of rotatable bonds is 3. The van der Waals surface area contributed by atoms with E-state index in [0.717, 1.165) is 19.3 Å². The van der Waals surface area contributed by atoms with E-state index in [2.05, 4.69) is 182 Å². The highest BCUT2D eigenvalue weighted by atomic mass is 14.4. The van der Waals surface area contributed by atoms with Crippen molar-refractivity contribution in [3.05, 3.63) is 243 Å². The van der Waals surface area contributed by atoms with Crippen LogP contribution in [0.15, 0.2) is 188 Å². The lowest BCUT2D eigenvalue weighted by atomic mass is 9.66. The van der Waals surface area contributed by atoms with Gasteiger partial charge >= 0.3 is 0 Å². The molecule has 0 amide bonds. The van der Waals surface area contributed by atoms with Gasteiger partial charge in [0, 0.05) is 11.8 Å². The van der Waals surface area contributed by atoms with Gasteiger partial charge in [-0.05, 0) is 160 Å². The Bertz CT molecular complexity index is 3160. The molecule has 5 aliphatic rings. The van der Waals surface area contributed by atoms with Crippen molar-refractivity contribution in [1.82, 2.24) is 0 Å². The van der Waals surface area contributed by atoms with E-state index in [0.29, 0.717) is 0 Å². The van der Waals surface area contributed by atoms with Crippen LogP contribution in [0.25, 0.3) is 60.9 Å². The summed E-state index contributed by atoms with van der Waals surface area (Å²) in [5.74, 6) is 0.478. The van der Waals surface area contributed by atoms with Gasteiger partial charge in [-0.2, -0.15) is 0 Å². The van der Waals surface area contributed by atoms with Crippen LogP contribution in [-0.2, 0) is 19.3 Å². The minimum Gasteiger partial charge on any atom is -0.0760 e. The van der Waals surface area contributed by atoms with Gasteiger partial charge in [-0.15, -0.1) is 0 Å². The first-order valence-electron chi connectivity index (χ1n) is 20.5. The lowest BCUT2D eigenvalue weighted by molar-refractivity contribution is 0.649. The van der Waals surface area contributed by atoms with Crippen molar-refractivity contribution in [3.8, 4) is 44.5 Å². The Kier molecular flexibility index (Phi) is 6.55. The average Bonchev–Trinajstić information content (AvgIpc) is 3.96. The molecule has 57 heavy (non-hydrogen) atoms. The third-order valence-corrected chi connectivity index (χ3v) is 13.8. The number of hydrogen-bond acceptors (Lipinski definition) is 0. The molecule has 0 radical (unpaired) electrons. The second-order valence-corrected chi connectivity index (χ2v) is 16.7. The van der Waals surface area contributed by atoms with Gasteiger partial charge in [0.2, 0.25) is 0 Å². The van der Waals surface area contributed by atoms with Crippen LogP contribution < -0.4 is 0 Å². The molecular weight excluding hydrogens is 685 g/mol. The maximum Gasteiger partial charge on any atom is 0.0199 e. The maximum atomic E-state index is 2.54. The molecule has 13 rings (SSSR count). The molecule has 2 atom stereocenters. The number of hydrogen-bond donors (Lipinski definition) is 0. The van der Waals surface area contributed by atoms with Gasteiger partial charge in [-0.1, -0.05) is 164 Å².